The van der Waals surface area contributed by atoms with Gasteiger partial charge in [-0.15, -0.1) is 0 Å². The van der Waals surface area contributed by atoms with Gasteiger partial charge in [0, 0.05) is 11.8 Å². The summed E-state index contributed by atoms with van der Waals surface area (Å²) in [6.45, 7) is 18.8. The summed E-state index contributed by atoms with van der Waals surface area (Å²) in [6, 6.07) is 0. The quantitative estimate of drug-likeness (QED) is 0.321. The first-order valence-corrected chi connectivity index (χ1v) is 17.3. The fraction of sp³-hybridized carbons (Fsp3) is 0.917. The van der Waals surface area contributed by atoms with Gasteiger partial charge in [-0.2, -0.15) is 0 Å². The van der Waals surface area contributed by atoms with Crippen LogP contribution in [0.3, 0.4) is 0 Å². The van der Waals surface area contributed by atoms with Gasteiger partial charge in [-0.3, -0.25) is 4.79 Å². The number of hydrogen-bond acceptors (Lipinski definition) is 8. The monoisotopic (exact) mass is 620 g/mol. The zero-order chi connectivity index (χ0) is 32.6. The van der Waals surface area contributed by atoms with E-state index < -0.39 is 47.5 Å². The van der Waals surface area contributed by atoms with Crippen molar-refractivity contribution in [1.82, 2.24) is 0 Å². The normalized spacial score (nSPS) is 51.8. The minimum Gasteiger partial charge on any atom is -0.390 e. The number of carbonyl (C=O) groups excluding carboxylic acids is 1. The van der Waals surface area contributed by atoms with Crippen LogP contribution in [-0.4, -0.2) is 79.8 Å². The average Bonchev–Trinajstić information content (AvgIpc) is 3.18. The Morgan fingerprint density at radius 1 is 0.864 bits per heavy atom. The predicted octanol–water partition coefficient (Wildman–Crippen LogP) is 5.08. The summed E-state index contributed by atoms with van der Waals surface area (Å²) in [5.74, 6) is 1.07. The Balaban J connectivity index is 1.39. The molecule has 8 nitrogen and oxygen atoms in total. The van der Waals surface area contributed by atoms with Crippen molar-refractivity contribution >= 4 is 5.78 Å². The molecule has 0 spiro atoms. The largest absolute Gasteiger partial charge is 0.390 e. The minimum atomic E-state index is -1.31. The van der Waals surface area contributed by atoms with Crippen molar-refractivity contribution in [3.8, 4) is 0 Å². The first kappa shape index (κ1) is 34.5. The van der Waals surface area contributed by atoms with E-state index in [-0.39, 0.29) is 34.6 Å². The van der Waals surface area contributed by atoms with Crippen LogP contribution < -0.4 is 0 Å². The molecule has 0 aromatic rings. The molecule has 2 heterocycles. The van der Waals surface area contributed by atoms with Crippen LogP contribution in [-0.2, 0) is 19.0 Å². The molecule has 5 fully saturated rings. The summed E-state index contributed by atoms with van der Waals surface area (Å²) in [4.78, 5) is 13.0. The van der Waals surface area contributed by atoms with Gasteiger partial charge in [0.15, 0.2) is 12.1 Å². The number of carbonyl (C=O) groups is 1. The molecule has 2 aliphatic heterocycles. The molecule has 0 bridgehead atoms. The van der Waals surface area contributed by atoms with Crippen LogP contribution in [0.15, 0.2) is 11.6 Å². The second-order valence-corrected chi connectivity index (χ2v) is 17.0. The first-order valence-electron chi connectivity index (χ1n) is 17.3. The smallest absolute Gasteiger partial charge is 0.187 e. The molecule has 0 aromatic carbocycles. The molecule has 0 radical (unpaired) electrons. The Labute approximate surface area is 264 Å². The van der Waals surface area contributed by atoms with Crippen LogP contribution in [0.4, 0.5) is 0 Å². The third-order valence-electron chi connectivity index (χ3n) is 13.3. The number of hydrogen-bond donors (Lipinski definition) is 4. The fourth-order valence-electron chi connectivity index (χ4n) is 10.3. The number of ketones is 1. The van der Waals surface area contributed by atoms with E-state index in [0.717, 1.165) is 44.9 Å². The van der Waals surface area contributed by atoms with Gasteiger partial charge in [-0.05, 0) is 115 Å². The number of fused-ring (bicyclic) bond motifs is 2. The number of ether oxygens (including phenoxy) is 3. The third kappa shape index (κ3) is 5.77. The lowest BCUT2D eigenvalue weighted by molar-refractivity contribution is -0.323. The Hall–Kier alpha value is -0.870. The van der Waals surface area contributed by atoms with Gasteiger partial charge in [-0.1, -0.05) is 39.3 Å². The minimum absolute atomic E-state index is 0.0316. The highest BCUT2D eigenvalue weighted by Gasteiger charge is 2.58. The third-order valence-corrected chi connectivity index (χ3v) is 13.3. The molecule has 2 unspecified atom stereocenters. The van der Waals surface area contributed by atoms with Gasteiger partial charge in [0.1, 0.15) is 23.9 Å². The van der Waals surface area contributed by atoms with Crippen molar-refractivity contribution in [3.63, 3.8) is 0 Å². The molecule has 3 aliphatic carbocycles. The number of aliphatic hydroxyl groups is 4. The molecule has 2 saturated heterocycles. The van der Waals surface area contributed by atoms with Crippen molar-refractivity contribution in [2.45, 2.75) is 174 Å². The fourth-order valence-corrected chi connectivity index (χ4v) is 10.3. The molecular weight excluding hydrogens is 560 g/mol. The summed E-state index contributed by atoms with van der Waals surface area (Å²) in [5, 5.41) is 43.1. The maximum atomic E-state index is 13.0. The van der Waals surface area contributed by atoms with Crippen molar-refractivity contribution in [3.05, 3.63) is 11.6 Å². The Kier molecular flexibility index (Phi) is 9.15. The molecule has 4 N–H and O–H groups in total. The van der Waals surface area contributed by atoms with E-state index >= 15 is 0 Å². The molecule has 8 heteroatoms. The Morgan fingerprint density at radius 3 is 2.23 bits per heavy atom. The van der Waals surface area contributed by atoms with E-state index in [9.17, 15) is 25.2 Å². The topological polar surface area (TPSA) is 126 Å². The molecule has 44 heavy (non-hydrogen) atoms. The number of aliphatic hydroxyl groups excluding tert-OH is 3. The van der Waals surface area contributed by atoms with E-state index in [1.54, 1.807) is 6.92 Å². The highest BCUT2D eigenvalue weighted by Crippen LogP contribution is 2.60. The highest BCUT2D eigenvalue weighted by molar-refractivity contribution is 5.86. The maximum Gasteiger partial charge on any atom is 0.187 e. The molecule has 252 valence electrons. The summed E-state index contributed by atoms with van der Waals surface area (Å²) >= 11 is 0. The van der Waals surface area contributed by atoms with E-state index in [0.29, 0.717) is 24.7 Å². The summed E-state index contributed by atoms with van der Waals surface area (Å²) < 4.78 is 19.0. The summed E-state index contributed by atoms with van der Waals surface area (Å²) in [7, 11) is 0. The molecule has 0 amide bonds. The van der Waals surface area contributed by atoms with Crippen LogP contribution in [0.25, 0.3) is 0 Å². The average molecular weight is 621 g/mol. The van der Waals surface area contributed by atoms with Crippen molar-refractivity contribution in [1.29, 1.82) is 0 Å². The highest BCUT2D eigenvalue weighted by atomic mass is 16.7. The van der Waals surface area contributed by atoms with Crippen molar-refractivity contribution in [2.24, 2.45) is 34.5 Å². The van der Waals surface area contributed by atoms with E-state index in [1.807, 2.05) is 20.8 Å². The zero-order valence-corrected chi connectivity index (χ0v) is 28.6. The lowest BCUT2D eigenvalue weighted by atomic mass is 9.56. The van der Waals surface area contributed by atoms with E-state index in [4.69, 9.17) is 14.2 Å². The predicted molar refractivity (Wildman–Crippen MR) is 168 cm³/mol. The van der Waals surface area contributed by atoms with Gasteiger partial charge >= 0.3 is 0 Å². The zero-order valence-electron chi connectivity index (χ0n) is 28.6. The molecule has 0 aromatic heterocycles. The maximum absolute atomic E-state index is 13.0. The van der Waals surface area contributed by atoms with Crippen LogP contribution >= 0.6 is 0 Å². The molecule has 5 rings (SSSR count). The van der Waals surface area contributed by atoms with Gasteiger partial charge in [0.2, 0.25) is 0 Å². The van der Waals surface area contributed by atoms with Gasteiger partial charge in [0.25, 0.3) is 0 Å². The number of Topliss-reactive ketones (excluding diaryl/α,β-unsaturated/α-hetero) is 1. The van der Waals surface area contributed by atoms with Gasteiger partial charge in [0.05, 0.1) is 23.4 Å². The molecule has 13 atom stereocenters. The van der Waals surface area contributed by atoms with Crippen LogP contribution in [0.5, 0.6) is 0 Å². The van der Waals surface area contributed by atoms with Gasteiger partial charge in [-0.25, -0.2) is 0 Å². The summed E-state index contributed by atoms with van der Waals surface area (Å²) in [5.41, 5.74) is -1.17. The lowest BCUT2D eigenvalue weighted by Gasteiger charge is -2.54. The first-order chi connectivity index (χ1) is 20.2. The molecular formula is C36H60O8. The van der Waals surface area contributed by atoms with Gasteiger partial charge < -0.3 is 34.6 Å². The number of rotatable bonds is 4. The van der Waals surface area contributed by atoms with Crippen LogP contribution in [0, 0.1) is 34.5 Å². The SMILES string of the molecule is CC1CC[C@@H]2[C@@H](CC[C@@]2(C)O[C@@H]2O[C@@H](C)[C@H](O)[C@@H](O)[C@H]2O)C(C)(C)/C1=C\C[C@H]1[C@@](C)(O)CCC2OC(C)(C)C(=O)CC[C@@]21C. The second kappa shape index (κ2) is 11.7. The van der Waals surface area contributed by atoms with Crippen molar-refractivity contribution in [2.75, 3.05) is 0 Å². The standard InChI is InChI=1S/C36H60O8/c1-20-10-11-24-23(14-19-36(24,9)44-31-30(40)29(39)28(38)21(2)42-31)32(3,4)22(20)12-13-25-34(7)17-15-26(37)33(5,6)43-27(34)16-18-35(25,8)41/h12,20-21,23-25,27-31,38-41H,10-11,13-19H2,1-9H3/b22-12-/t20?,21-,23+,24+,25+,27?,28-,29+,30+,31-,34+,35-,36+/m0/s1. The number of allylic oxidation sites excluding steroid dienone is 2. The Morgan fingerprint density at radius 2 is 1.55 bits per heavy atom. The van der Waals surface area contributed by atoms with Crippen LogP contribution in [0.2, 0.25) is 0 Å². The summed E-state index contributed by atoms with van der Waals surface area (Å²) in [6.07, 6.45) is 4.10. The van der Waals surface area contributed by atoms with Crippen LogP contribution in [0.1, 0.15) is 120 Å². The molecule has 5 aliphatic rings. The van der Waals surface area contributed by atoms with Crippen molar-refractivity contribution < 1.29 is 39.4 Å². The molecule has 3 saturated carbocycles. The lowest BCUT2D eigenvalue weighted by Crippen LogP contribution is -2.59. The van der Waals surface area contributed by atoms with E-state index in [2.05, 4.69) is 40.7 Å². The Bertz CT molecular complexity index is 1110. The second-order valence-electron chi connectivity index (χ2n) is 17.0. The van der Waals surface area contributed by atoms with E-state index in [1.165, 1.54) is 5.57 Å².